The quantitative estimate of drug-likeness (QED) is 0.0185. The van der Waals surface area contributed by atoms with Crippen LogP contribution in [0.25, 0.3) is 0 Å². The Morgan fingerprint density at radius 2 is 0.655 bits per heavy atom. The molecule has 8 aromatic carbocycles. The number of anilines is 2. The van der Waals surface area contributed by atoms with Crippen LogP contribution in [0.3, 0.4) is 0 Å². The number of rotatable bonds is 15. The molecule has 0 atom stereocenters. The van der Waals surface area contributed by atoms with E-state index in [1.54, 1.807) is 72.8 Å². The first kappa shape index (κ1) is 67.2. The summed E-state index contributed by atoms with van der Waals surface area (Å²) in [7, 11) is 0. The number of nitrogens with zero attached hydrogens (tertiary/aromatic N) is 4. The number of hydrogen-bond donors (Lipinski definition) is 4. The molecular formula is C60H57ClN6O17. The molecule has 0 saturated carbocycles. The summed E-state index contributed by atoms with van der Waals surface area (Å²) in [5.74, 6) is -1.69. The topological polar surface area (TPSA) is 347 Å². The third-order valence-corrected chi connectivity index (χ3v) is 11.1. The van der Waals surface area contributed by atoms with Crippen LogP contribution in [0.1, 0.15) is 80.0 Å². The number of hydrogen-bond acceptors (Lipinski definition) is 20. The minimum atomic E-state index is -0.747. The Kier molecular flexibility index (Phi) is 27.4. The van der Waals surface area contributed by atoms with E-state index >= 15 is 0 Å². The number of non-ortho nitro benzene ring substituents is 3. The number of nitrogen functional groups attached to an aromatic ring is 2. The van der Waals surface area contributed by atoms with Crippen molar-refractivity contribution in [1.29, 1.82) is 0 Å². The molecule has 0 aliphatic rings. The van der Waals surface area contributed by atoms with Crippen molar-refractivity contribution in [3.63, 3.8) is 0 Å². The molecule has 6 N–H and O–H groups in total. The number of benzene rings is 8. The lowest BCUT2D eigenvalue weighted by molar-refractivity contribution is -0.385. The van der Waals surface area contributed by atoms with E-state index in [9.17, 15) is 54.3 Å². The molecular weight excluding hydrogens is 1110 g/mol. The summed E-state index contributed by atoms with van der Waals surface area (Å²) >= 11 is 5.13. The zero-order valence-electron chi connectivity index (χ0n) is 44.4. The van der Waals surface area contributed by atoms with Crippen LogP contribution in [0, 0.1) is 30.3 Å². The first-order chi connectivity index (χ1) is 39.6. The summed E-state index contributed by atoms with van der Waals surface area (Å²) in [5.41, 5.74) is 13.1. The van der Waals surface area contributed by atoms with Crippen molar-refractivity contribution in [2.75, 3.05) is 31.1 Å². The van der Waals surface area contributed by atoms with Crippen molar-refractivity contribution in [1.82, 2.24) is 4.90 Å². The molecule has 23 nitrogen and oxygen atoms in total. The fraction of sp³-hybridized carbons (Fsp3) is 0.117. The summed E-state index contributed by atoms with van der Waals surface area (Å²) in [5, 5.41) is 48.2. The van der Waals surface area contributed by atoms with Crippen LogP contribution in [-0.2, 0) is 0 Å². The molecule has 436 valence electrons. The fourth-order valence-corrected chi connectivity index (χ4v) is 6.55. The molecule has 0 spiro atoms. The molecule has 0 bridgehead atoms. The molecule has 0 aliphatic carbocycles. The maximum Gasteiger partial charge on any atom is 0.343 e. The Bertz CT molecular complexity index is 3280. The van der Waals surface area contributed by atoms with Crippen molar-refractivity contribution >= 4 is 69.2 Å². The molecule has 8 rings (SSSR count). The van der Waals surface area contributed by atoms with Crippen molar-refractivity contribution in [3.8, 4) is 34.5 Å². The molecule has 8 aromatic rings. The second kappa shape index (κ2) is 34.2. The van der Waals surface area contributed by atoms with Gasteiger partial charge in [0.1, 0.15) is 34.5 Å². The van der Waals surface area contributed by atoms with Crippen LogP contribution < -0.4 is 30.4 Å². The first-order valence-electron chi connectivity index (χ1n) is 24.5. The van der Waals surface area contributed by atoms with Crippen molar-refractivity contribution in [2.24, 2.45) is 0 Å². The van der Waals surface area contributed by atoms with Gasteiger partial charge in [0.2, 0.25) is 0 Å². The number of carbonyl (C=O) groups excluding carboxylic acids is 5. The van der Waals surface area contributed by atoms with Crippen molar-refractivity contribution in [2.45, 2.75) is 28.2 Å². The maximum absolute atomic E-state index is 12.2. The largest absolute Gasteiger partial charge is 0.508 e. The molecule has 0 aliphatic heterocycles. The number of nitro benzene ring substituents is 3. The highest BCUT2D eigenvalue weighted by Gasteiger charge is 2.16. The van der Waals surface area contributed by atoms with Gasteiger partial charge in [0.05, 0.1) is 37.0 Å². The van der Waals surface area contributed by atoms with Gasteiger partial charge in [-0.1, -0.05) is 46.4 Å². The molecule has 0 saturated heterocycles. The second-order valence-corrected chi connectivity index (χ2v) is 16.9. The van der Waals surface area contributed by atoms with E-state index in [1.165, 1.54) is 141 Å². The van der Waals surface area contributed by atoms with Gasteiger partial charge in [0.25, 0.3) is 22.3 Å². The van der Waals surface area contributed by atoms with Crippen LogP contribution in [0.2, 0.25) is 0 Å². The van der Waals surface area contributed by atoms with Gasteiger partial charge >= 0.3 is 23.9 Å². The average Bonchev–Trinajstić information content (AvgIpc) is 3.57. The summed E-state index contributed by atoms with van der Waals surface area (Å²) < 4.78 is 21.0. The van der Waals surface area contributed by atoms with Crippen LogP contribution in [0.15, 0.2) is 194 Å². The zero-order valence-corrected chi connectivity index (χ0v) is 45.2. The number of nitro groups is 3. The Morgan fingerprint density at radius 3 is 0.857 bits per heavy atom. The number of ether oxygens (including phenoxy) is 4. The lowest BCUT2D eigenvalue weighted by atomic mass is 10.2. The van der Waals surface area contributed by atoms with E-state index in [-0.39, 0.29) is 75.7 Å². The highest BCUT2D eigenvalue weighted by molar-refractivity contribution is 6.67. The number of aromatic hydroxyl groups is 2. The monoisotopic (exact) mass is 1170 g/mol. The predicted molar refractivity (Wildman–Crippen MR) is 314 cm³/mol. The normalized spacial score (nSPS) is 9.82. The molecule has 0 unspecified atom stereocenters. The predicted octanol–water partition coefficient (Wildman–Crippen LogP) is 12.3. The summed E-state index contributed by atoms with van der Waals surface area (Å²) in [6, 6.07) is 45.5. The fourth-order valence-electron chi connectivity index (χ4n) is 6.42. The van der Waals surface area contributed by atoms with Gasteiger partial charge in [-0.2, -0.15) is 0 Å². The number of phenols is 2. The summed E-state index contributed by atoms with van der Waals surface area (Å²) in [6.45, 7) is 10.1. The van der Waals surface area contributed by atoms with E-state index in [0.29, 0.717) is 22.5 Å². The van der Waals surface area contributed by atoms with Crippen LogP contribution >= 0.6 is 11.6 Å². The number of halogens is 1. The van der Waals surface area contributed by atoms with Crippen molar-refractivity contribution in [3.05, 3.63) is 252 Å². The first-order valence-corrected chi connectivity index (χ1v) is 24.9. The molecule has 0 aromatic heterocycles. The molecule has 0 fully saturated rings. The summed E-state index contributed by atoms with van der Waals surface area (Å²) in [4.78, 5) is 91.3. The van der Waals surface area contributed by atoms with Crippen LogP contribution in [0.4, 0.5) is 28.4 Å². The third kappa shape index (κ3) is 23.0. The molecule has 84 heavy (non-hydrogen) atoms. The minimum Gasteiger partial charge on any atom is -0.508 e. The lowest BCUT2D eigenvalue weighted by Crippen LogP contribution is -2.21. The lowest BCUT2D eigenvalue weighted by Gasteiger charge is -2.13. The standard InChI is InChI=1S/C20H12N2O8.C20H16N2O4.C7H4ClNO3.C6H15N.C6H6O2.CH4/c23-19(13-4-8-15(9-5-13)21(25)26)29-17-2-1-3-18(12-17)30-20(24)14-6-10-16(11-7-14)22(27)28;21-15-8-4-13(5-9-15)19(23)25-17-2-1-3-18(12-17)26-20(24)14-6-10-16(22)11-7-14;8-7(10)5-1-3-6(4-2-5)9(11)12;1-4-7(5-2)6-3;7-5-2-1-3-6(8)4-5;/h1-12H;1-12H,21-22H2;1-4H;4-6H2,1-3H3;1-4,7-8H;1H4. The van der Waals surface area contributed by atoms with E-state index in [2.05, 4.69) is 25.7 Å². The minimum absolute atomic E-state index is 0. The van der Waals surface area contributed by atoms with Gasteiger partial charge in [0, 0.05) is 71.5 Å². The number of phenolic OH excluding ortho intramolecular Hbond substituents is 2. The van der Waals surface area contributed by atoms with Gasteiger partial charge in [-0.25, -0.2) is 19.2 Å². The van der Waals surface area contributed by atoms with Crippen molar-refractivity contribution < 1.29 is 67.9 Å². The Morgan fingerprint density at radius 1 is 0.417 bits per heavy atom. The van der Waals surface area contributed by atoms with Crippen LogP contribution in [-0.4, -0.2) is 78.6 Å². The van der Waals surface area contributed by atoms with Gasteiger partial charge < -0.3 is 45.5 Å². The molecule has 0 amide bonds. The second-order valence-electron chi connectivity index (χ2n) is 16.6. The smallest absolute Gasteiger partial charge is 0.343 e. The number of esters is 4. The maximum atomic E-state index is 12.2. The third-order valence-electron chi connectivity index (χ3n) is 10.9. The van der Waals surface area contributed by atoms with Gasteiger partial charge in [-0.3, -0.25) is 35.1 Å². The van der Waals surface area contributed by atoms with Gasteiger partial charge in [-0.15, -0.1) is 0 Å². The highest BCUT2D eigenvalue weighted by Crippen LogP contribution is 2.25. The Hall–Kier alpha value is -11.0. The van der Waals surface area contributed by atoms with Crippen LogP contribution in [0.5, 0.6) is 34.5 Å². The number of carbonyl (C=O) groups is 5. The van der Waals surface area contributed by atoms with Gasteiger partial charge in [0.15, 0.2) is 0 Å². The molecule has 0 radical (unpaired) electrons. The molecule has 0 heterocycles. The van der Waals surface area contributed by atoms with E-state index in [4.69, 9.17) is 52.2 Å². The number of nitrogens with two attached hydrogens (primary N) is 2. The summed E-state index contributed by atoms with van der Waals surface area (Å²) in [6.07, 6.45) is 0. The highest BCUT2D eigenvalue weighted by atomic mass is 35.5. The molecule has 24 heteroatoms. The van der Waals surface area contributed by atoms with Gasteiger partial charge in [-0.05, 0) is 153 Å². The SMILES string of the molecule is C.CCN(CC)CC.Nc1ccc(C(=O)Oc2cccc(OC(=O)c3ccc(N)cc3)c2)cc1.O=C(Cl)c1ccc([N+](=O)[O-])cc1.O=C(Oc1cccc(OC(=O)c2ccc([N+](=O)[O-])cc2)c1)c1ccc([N+](=O)[O-])cc1.Oc1cccc(O)c1. The average molecular weight is 1170 g/mol. The van der Waals surface area contributed by atoms with E-state index in [0.717, 1.165) is 0 Å². The zero-order chi connectivity index (χ0) is 61.0. The Balaban J connectivity index is 0.000000306. The Labute approximate surface area is 486 Å². The van der Waals surface area contributed by atoms with E-state index < -0.39 is 43.9 Å². The van der Waals surface area contributed by atoms with E-state index in [1.807, 2.05) is 0 Å².